The lowest BCUT2D eigenvalue weighted by atomic mass is 9.70. The van der Waals surface area contributed by atoms with E-state index in [1.165, 1.54) is 0 Å². The summed E-state index contributed by atoms with van der Waals surface area (Å²) < 4.78 is 4.52. The summed E-state index contributed by atoms with van der Waals surface area (Å²) in [7, 11) is 1.58. The molecule has 3 aliphatic rings. The van der Waals surface area contributed by atoms with Crippen molar-refractivity contribution in [3.05, 3.63) is 60.2 Å². The van der Waals surface area contributed by atoms with E-state index in [2.05, 4.69) is 10.6 Å². The highest BCUT2D eigenvalue weighted by atomic mass is 32.2. The van der Waals surface area contributed by atoms with Crippen LogP contribution in [0.15, 0.2) is 54.6 Å². The molecular formula is C30H37N3O5S. The van der Waals surface area contributed by atoms with Crippen LogP contribution >= 0.6 is 11.8 Å². The molecule has 0 aliphatic carbocycles. The van der Waals surface area contributed by atoms with Gasteiger partial charge in [-0.15, -0.1) is 11.8 Å². The fourth-order valence-electron chi connectivity index (χ4n) is 6.65. The van der Waals surface area contributed by atoms with Crippen molar-refractivity contribution in [2.45, 2.75) is 61.7 Å². The molecule has 2 aromatic carbocycles. The van der Waals surface area contributed by atoms with Gasteiger partial charge in [0.15, 0.2) is 0 Å². The highest BCUT2D eigenvalue weighted by Crippen LogP contribution is 2.66. The minimum absolute atomic E-state index is 0.0157. The van der Waals surface area contributed by atoms with Gasteiger partial charge in [0, 0.05) is 17.5 Å². The average Bonchev–Trinajstić information content (AvgIpc) is 3.60. The molecule has 3 amide bonds. The summed E-state index contributed by atoms with van der Waals surface area (Å²) in [5, 5.41) is 16.5. The summed E-state index contributed by atoms with van der Waals surface area (Å²) in [6, 6.07) is 15.5. The summed E-state index contributed by atoms with van der Waals surface area (Å²) in [5.41, 5.74) is 1.59. The molecule has 208 valence electrons. The first-order chi connectivity index (χ1) is 18.8. The zero-order valence-electron chi connectivity index (χ0n) is 22.6. The van der Waals surface area contributed by atoms with Crippen LogP contribution in [0.3, 0.4) is 0 Å². The number of methoxy groups -OCH3 is 1. The average molecular weight is 552 g/mol. The van der Waals surface area contributed by atoms with E-state index in [1.54, 1.807) is 48.0 Å². The van der Waals surface area contributed by atoms with Gasteiger partial charge in [0.05, 0.1) is 36.3 Å². The van der Waals surface area contributed by atoms with E-state index in [9.17, 15) is 19.5 Å². The maximum atomic E-state index is 14.3. The lowest BCUT2D eigenvalue weighted by molar-refractivity contribution is -0.143. The smallest absolute Gasteiger partial charge is 0.248 e. The standard InChI is InChI=1S/C30H37N3O5S/c1-4-18(2)22(17-34)33-26(28(36)32-20-10-12-21(38-3)13-11-20)30-15-14-23(39-30)24(25(30)29(33)37)27(35)31-16-19-8-6-5-7-9-19/h5-13,18,22-26,34H,4,14-17H2,1-3H3,(H,31,35)(H,32,36)/t18-,22-,23+,24-,25-,26?,30?/m0/s1. The molecular weight excluding hydrogens is 514 g/mol. The number of carbonyl (C=O) groups excluding carboxylic acids is 3. The van der Waals surface area contributed by atoms with Crippen LogP contribution in [0, 0.1) is 17.8 Å². The van der Waals surface area contributed by atoms with E-state index in [4.69, 9.17) is 4.74 Å². The molecule has 0 radical (unpaired) electrons. The number of fused-ring (bicyclic) bond motifs is 1. The first kappa shape index (κ1) is 27.5. The number of anilines is 1. The third-order valence-corrected chi connectivity index (χ3v) is 10.8. The summed E-state index contributed by atoms with van der Waals surface area (Å²) in [5.74, 6) is -1.08. The van der Waals surface area contributed by atoms with Crippen LogP contribution in [-0.2, 0) is 20.9 Å². The number of ether oxygens (including phenoxy) is 1. The van der Waals surface area contributed by atoms with Crippen molar-refractivity contribution in [1.29, 1.82) is 0 Å². The zero-order valence-corrected chi connectivity index (χ0v) is 23.4. The van der Waals surface area contributed by atoms with E-state index in [1.807, 2.05) is 44.2 Å². The summed E-state index contributed by atoms with van der Waals surface area (Å²) >= 11 is 1.63. The molecule has 8 nitrogen and oxygen atoms in total. The number of benzene rings is 2. The highest BCUT2D eigenvalue weighted by molar-refractivity contribution is 8.02. The molecule has 9 heteroatoms. The molecule has 1 spiro atoms. The second kappa shape index (κ2) is 11.2. The van der Waals surface area contributed by atoms with Crippen LogP contribution in [0.5, 0.6) is 5.75 Å². The first-order valence-corrected chi connectivity index (χ1v) is 14.6. The van der Waals surface area contributed by atoms with Crippen LogP contribution in [0.1, 0.15) is 38.7 Å². The van der Waals surface area contributed by atoms with Gasteiger partial charge in [-0.1, -0.05) is 50.6 Å². The molecule has 5 rings (SSSR count). The Bertz CT molecular complexity index is 1210. The number of aliphatic hydroxyl groups is 1. The van der Waals surface area contributed by atoms with Crippen molar-refractivity contribution in [2.75, 3.05) is 19.0 Å². The van der Waals surface area contributed by atoms with E-state index in [0.717, 1.165) is 18.4 Å². The normalized spacial score (nSPS) is 28.6. The summed E-state index contributed by atoms with van der Waals surface area (Å²) in [4.78, 5) is 43.5. The molecule has 7 atom stereocenters. The molecule has 0 aromatic heterocycles. The predicted molar refractivity (Wildman–Crippen MR) is 151 cm³/mol. The Balaban J connectivity index is 1.46. The van der Waals surface area contributed by atoms with Crippen LogP contribution < -0.4 is 15.4 Å². The van der Waals surface area contributed by atoms with Crippen molar-refractivity contribution < 1.29 is 24.2 Å². The Kier molecular flexibility index (Phi) is 7.91. The number of amides is 3. The van der Waals surface area contributed by atoms with Crippen molar-refractivity contribution in [1.82, 2.24) is 10.2 Å². The number of carbonyl (C=O) groups is 3. The van der Waals surface area contributed by atoms with Gasteiger partial charge in [-0.05, 0) is 48.6 Å². The van der Waals surface area contributed by atoms with Crippen LogP contribution in [0.25, 0.3) is 0 Å². The van der Waals surface area contributed by atoms with Gasteiger partial charge in [-0.25, -0.2) is 0 Å². The Morgan fingerprint density at radius 2 is 1.87 bits per heavy atom. The van der Waals surface area contributed by atoms with Crippen molar-refractivity contribution in [3.63, 3.8) is 0 Å². The van der Waals surface area contributed by atoms with Crippen LogP contribution in [0.4, 0.5) is 5.69 Å². The van der Waals surface area contributed by atoms with Gasteiger partial charge < -0.3 is 25.4 Å². The third kappa shape index (κ3) is 4.80. The quantitative estimate of drug-likeness (QED) is 0.418. The molecule has 0 saturated carbocycles. The maximum Gasteiger partial charge on any atom is 0.248 e. The third-order valence-electron chi connectivity index (χ3n) is 8.80. The van der Waals surface area contributed by atoms with E-state index in [0.29, 0.717) is 24.4 Å². The highest BCUT2D eigenvalue weighted by Gasteiger charge is 2.74. The number of nitrogens with one attached hydrogen (secondary N) is 2. The number of nitrogens with zero attached hydrogens (tertiary/aromatic N) is 1. The fraction of sp³-hybridized carbons (Fsp3) is 0.500. The van der Waals surface area contributed by atoms with Gasteiger partial charge in [-0.3, -0.25) is 14.4 Å². The Morgan fingerprint density at radius 3 is 2.51 bits per heavy atom. The van der Waals surface area contributed by atoms with Crippen LogP contribution in [-0.4, -0.2) is 63.5 Å². The Labute approximate surface area is 233 Å². The van der Waals surface area contributed by atoms with Gasteiger partial charge in [0.2, 0.25) is 17.7 Å². The van der Waals surface area contributed by atoms with E-state index in [-0.39, 0.29) is 35.5 Å². The molecule has 2 aromatic rings. The number of hydrogen-bond acceptors (Lipinski definition) is 6. The second-order valence-corrected chi connectivity index (χ2v) is 12.5. The Morgan fingerprint density at radius 1 is 1.15 bits per heavy atom. The number of thioether (sulfide) groups is 1. The van der Waals surface area contributed by atoms with Gasteiger partial charge in [0.25, 0.3) is 0 Å². The molecule has 39 heavy (non-hydrogen) atoms. The molecule has 3 N–H and O–H groups in total. The molecule has 2 unspecified atom stereocenters. The van der Waals surface area contributed by atoms with E-state index < -0.39 is 28.7 Å². The Hall–Kier alpha value is -3.04. The van der Waals surface area contributed by atoms with Crippen molar-refractivity contribution >= 4 is 35.2 Å². The van der Waals surface area contributed by atoms with Crippen molar-refractivity contribution in [3.8, 4) is 5.75 Å². The predicted octanol–water partition coefficient (Wildman–Crippen LogP) is 3.45. The van der Waals surface area contributed by atoms with Gasteiger partial charge >= 0.3 is 0 Å². The summed E-state index contributed by atoms with van der Waals surface area (Å²) in [6.07, 6.45) is 2.19. The minimum atomic E-state index is -0.787. The van der Waals surface area contributed by atoms with Gasteiger partial charge in [0.1, 0.15) is 11.8 Å². The zero-order chi connectivity index (χ0) is 27.7. The van der Waals surface area contributed by atoms with E-state index >= 15 is 0 Å². The van der Waals surface area contributed by atoms with Gasteiger partial charge in [-0.2, -0.15) is 0 Å². The molecule has 3 aliphatic heterocycles. The lowest BCUT2D eigenvalue weighted by Crippen LogP contribution is -2.56. The van der Waals surface area contributed by atoms with Crippen LogP contribution in [0.2, 0.25) is 0 Å². The molecule has 3 heterocycles. The lowest BCUT2D eigenvalue weighted by Gasteiger charge is -2.39. The van der Waals surface area contributed by atoms with Crippen molar-refractivity contribution in [2.24, 2.45) is 17.8 Å². The fourth-order valence-corrected chi connectivity index (χ4v) is 8.86. The largest absolute Gasteiger partial charge is 0.497 e. The number of likely N-dealkylation sites (tertiary alicyclic amines) is 1. The minimum Gasteiger partial charge on any atom is -0.497 e. The second-order valence-electron chi connectivity index (χ2n) is 10.9. The number of aliphatic hydroxyl groups excluding tert-OH is 1. The number of hydrogen-bond donors (Lipinski definition) is 3. The summed E-state index contributed by atoms with van der Waals surface area (Å²) in [6.45, 7) is 4.15. The first-order valence-electron chi connectivity index (χ1n) is 13.7. The SMILES string of the molecule is CC[C@H](C)[C@H](CO)N1C(=O)[C@@H]2[C@@H](C(=O)NCc3ccccc3)[C@H]3CCC2(S3)C1C(=O)Nc1ccc(OC)cc1. The topological polar surface area (TPSA) is 108 Å². The number of rotatable bonds is 10. The molecule has 2 bridgehead atoms. The maximum absolute atomic E-state index is 14.3. The molecule has 3 saturated heterocycles. The monoisotopic (exact) mass is 551 g/mol. The molecule has 3 fully saturated rings.